The number of nitrogens with one attached hydrogen (secondary N) is 1. The summed E-state index contributed by atoms with van der Waals surface area (Å²) in [6.07, 6.45) is 3.51. The average Bonchev–Trinajstić information content (AvgIpc) is 3.00. The highest BCUT2D eigenvalue weighted by atomic mass is 16.1. The van der Waals surface area contributed by atoms with Gasteiger partial charge in [0.2, 0.25) is 0 Å². The van der Waals surface area contributed by atoms with E-state index in [-0.39, 0.29) is 11.1 Å². The first-order valence-electron chi connectivity index (χ1n) is 6.44. The van der Waals surface area contributed by atoms with Crippen LogP contribution in [0.5, 0.6) is 0 Å². The zero-order valence-electron chi connectivity index (χ0n) is 11.4. The van der Waals surface area contributed by atoms with Gasteiger partial charge in [-0.05, 0) is 25.1 Å². The van der Waals surface area contributed by atoms with Crippen molar-refractivity contribution in [3.05, 3.63) is 70.4 Å². The number of H-pyrrole nitrogens is 1. The van der Waals surface area contributed by atoms with Gasteiger partial charge in [0.05, 0.1) is 5.69 Å². The van der Waals surface area contributed by atoms with Gasteiger partial charge < -0.3 is 4.98 Å². The molecule has 0 saturated heterocycles. The molecule has 2 aromatic heterocycles. The Morgan fingerprint density at radius 3 is 2.76 bits per heavy atom. The number of nitriles is 1. The Kier molecular flexibility index (Phi) is 3.13. The number of hydrogen-bond acceptors (Lipinski definition) is 3. The van der Waals surface area contributed by atoms with E-state index >= 15 is 0 Å². The summed E-state index contributed by atoms with van der Waals surface area (Å²) >= 11 is 0. The lowest BCUT2D eigenvalue weighted by Gasteiger charge is -2.11. The van der Waals surface area contributed by atoms with Gasteiger partial charge in [-0.25, -0.2) is 4.68 Å². The number of aryl methyl sites for hydroxylation is 1. The zero-order chi connectivity index (χ0) is 14.8. The van der Waals surface area contributed by atoms with Gasteiger partial charge in [-0.1, -0.05) is 18.2 Å². The molecule has 0 fully saturated rings. The van der Waals surface area contributed by atoms with Gasteiger partial charge >= 0.3 is 0 Å². The second-order valence-corrected chi connectivity index (χ2v) is 4.65. The molecule has 0 radical (unpaired) electrons. The molecule has 2 heterocycles. The van der Waals surface area contributed by atoms with Crippen LogP contribution < -0.4 is 5.56 Å². The molecule has 0 bridgehead atoms. The van der Waals surface area contributed by atoms with E-state index < -0.39 is 0 Å². The number of aromatic amines is 1. The molecule has 0 aliphatic heterocycles. The van der Waals surface area contributed by atoms with Crippen LogP contribution in [0.1, 0.15) is 11.3 Å². The van der Waals surface area contributed by atoms with Crippen molar-refractivity contribution in [3.8, 4) is 22.9 Å². The molecule has 0 aliphatic rings. The maximum Gasteiger partial charge on any atom is 0.266 e. The molecule has 1 N–H and O–H groups in total. The second kappa shape index (κ2) is 5.10. The summed E-state index contributed by atoms with van der Waals surface area (Å²) in [5.74, 6) is 0. The summed E-state index contributed by atoms with van der Waals surface area (Å²) < 4.78 is 1.72. The molecule has 0 aliphatic carbocycles. The van der Waals surface area contributed by atoms with Crippen LogP contribution in [0.2, 0.25) is 0 Å². The molecule has 0 saturated carbocycles. The molecule has 1 aromatic carbocycles. The Labute approximate surface area is 121 Å². The van der Waals surface area contributed by atoms with Crippen LogP contribution in [0, 0.1) is 18.3 Å². The van der Waals surface area contributed by atoms with E-state index in [1.54, 1.807) is 17.8 Å². The SMILES string of the molecule is Cc1cc(-c2ccccc2-n2cccn2)c(C#N)c(=O)[nH]1. The maximum absolute atomic E-state index is 12.0. The minimum atomic E-state index is -0.372. The summed E-state index contributed by atoms with van der Waals surface area (Å²) in [6, 6.07) is 13.2. The largest absolute Gasteiger partial charge is 0.325 e. The molecular formula is C16H12N4O. The Hall–Kier alpha value is -3.13. The summed E-state index contributed by atoms with van der Waals surface area (Å²) in [6.45, 7) is 1.79. The minimum absolute atomic E-state index is 0.111. The van der Waals surface area contributed by atoms with Gasteiger partial charge in [-0.15, -0.1) is 0 Å². The first kappa shape index (κ1) is 12.9. The van der Waals surface area contributed by atoms with Crippen molar-refractivity contribution < 1.29 is 0 Å². The van der Waals surface area contributed by atoms with E-state index in [9.17, 15) is 10.1 Å². The van der Waals surface area contributed by atoms with E-state index in [2.05, 4.69) is 10.1 Å². The van der Waals surface area contributed by atoms with Crippen molar-refractivity contribution in [1.82, 2.24) is 14.8 Å². The third kappa shape index (κ3) is 2.23. The average molecular weight is 276 g/mol. The van der Waals surface area contributed by atoms with Crippen LogP contribution in [-0.2, 0) is 0 Å². The van der Waals surface area contributed by atoms with Crippen molar-refractivity contribution in [2.24, 2.45) is 0 Å². The predicted molar refractivity (Wildman–Crippen MR) is 79.1 cm³/mol. The van der Waals surface area contributed by atoms with Crippen molar-refractivity contribution in [2.45, 2.75) is 6.92 Å². The summed E-state index contributed by atoms with van der Waals surface area (Å²) in [4.78, 5) is 14.6. The molecule has 21 heavy (non-hydrogen) atoms. The maximum atomic E-state index is 12.0. The number of rotatable bonds is 2. The van der Waals surface area contributed by atoms with Crippen LogP contribution in [0.25, 0.3) is 16.8 Å². The van der Waals surface area contributed by atoms with Crippen molar-refractivity contribution in [3.63, 3.8) is 0 Å². The van der Waals surface area contributed by atoms with Gasteiger partial charge in [-0.3, -0.25) is 4.79 Å². The van der Waals surface area contributed by atoms with Gasteiger partial charge in [0.1, 0.15) is 11.6 Å². The summed E-state index contributed by atoms with van der Waals surface area (Å²) in [7, 11) is 0. The van der Waals surface area contributed by atoms with Gasteiger partial charge in [0.25, 0.3) is 5.56 Å². The molecule has 5 heteroatoms. The van der Waals surface area contributed by atoms with E-state index in [0.29, 0.717) is 11.3 Å². The molecule has 3 aromatic rings. The molecule has 3 rings (SSSR count). The molecule has 0 amide bonds. The molecular weight excluding hydrogens is 264 g/mol. The molecule has 0 unspecified atom stereocenters. The highest BCUT2D eigenvalue weighted by molar-refractivity contribution is 5.77. The van der Waals surface area contributed by atoms with Crippen LogP contribution in [0.3, 0.4) is 0 Å². The highest BCUT2D eigenvalue weighted by Crippen LogP contribution is 2.27. The fourth-order valence-corrected chi connectivity index (χ4v) is 2.32. The minimum Gasteiger partial charge on any atom is -0.325 e. The molecule has 5 nitrogen and oxygen atoms in total. The topological polar surface area (TPSA) is 74.5 Å². The lowest BCUT2D eigenvalue weighted by molar-refractivity contribution is 0.882. The van der Waals surface area contributed by atoms with E-state index in [0.717, 1.165) is 11.3 Å². The Bertz CT molecular complexity index is 885. The van der Waals surface area contributed by atoms with Gasteiger partial charge in [-0.2, -0.15) is 10.4 Å². The zero-order valence-corrected chi connectivity index (χ0v) is 11.4. The van der Waals surface area contributed by atoms with Crippen LogP contribution in [0.4, 0.5) is 0 Å². The highest BCUT2D eigenvalue weighted by Gasteiger charge is 2.14. The van der Waals surface area contributed by atoms with Crippen LogP contribution in [0.15, 0.2) is 53.6 Å². The lowest BCUT2D eigenvalue weighted by Crippen LogP contribution is -2.13. The second-order valence-electron chi connectivity index (χ2n) is 4.65. The molecule has 102 valence electrons. The first-order valence-corrected chi connectivity index (χ1v) is 6.44. The quantitative estimate of drug-likeness (QED) is 0.781. The van der Waals surface area contributed by atoms with Crippen LogP contribution in [-0.4, -0.2) is 14.8 Å². The van der Waals surface area contributed by atoms with Crippen LogP contribution >= 0.6 is 0 Å². The first-order chi connectivity index (χ1) is 10.2. The fraction of sp³-hybridized carbons (Fsp3) is 0.0625. The smallest absolute Gasteiger partial charge is 0.266 e. The molecule has 0 atom stereocenters. The number of aromatic nitrogens is 3. The van der Waals surface area contributed by atoms with Crippen molar-refractivity contribution in [1.29, 1.82) is 5.26 Å². The Morgan fingerprint density at radius 2 is 2.05 bits per heavy atom. The van der Waals surface area contributed by atoms with Gasteiger partial charge in [0.15, 0.2) is 0 Å². The van der Waals surface area contributed by atoms with Crippen molar-refractivity contribution in [2.75, 3.05) is 0 Å². The monoisotopic (exact) mass is 276 g/mol. The number of pyridine rings is 1. The number of hydrogen-bond donors (Lipinski definition) is 1. The Balaban J connectivity index is 2.33. The predicted octanol–water partition coefficient (Wildman–Crippen LogP) is 2.41. The lowest BCUT2D eigenvalue weighted by atomic mass is 9.99. The van der Waals surface area contributed by atoms with Gasteiger partial charge in [0, 0.05) is 29.2 Å². The summed E-state index contributed by atoms with van der Waals surface area (Å²) in [5, 5.41) is 13.5. The Morgan fingerprint density at radius 1 is 1.24 bits per heavy atom. The molecule has 0 spiro atoms. The summed E-state index contributed by atoms with van der Waals surface area (Å²) in [5.41, 5.74) is 2.69. The fourth-order valence-electron chi connectivity index (χ4n) is 2.32. The number of para-hydroxylation sites is 1. The normalized spacial score (nSPS) is 10.3. The standard InChI is InChI=1S/C16H12N4O/c1-11-9-13(14(10-17)16(21)19-11)12-5-2-3-6-15(12)20-8-4-7-18-20/h2-9H,1H3,(H,19,21). The third-order valence-electron chi connectivity index (χ3n) is 3.23. The van der Waals surface area contributed by atoms with E-state index in [1.165, 1.54) is 0 Å². The van der Waals surface area contributed by atoms with Crippen molar-refractivity contribution >= 4 is 0 Å². The van der Waals surface area contributed by atoms with E-state index in [1.807, 2.05) is 48.7 Å². The van der Waals surface area contributed by atoms with E-state index in [4.69, 9.17) is 0 Å². The number of benzene rings is 1. The number of nitrogens with zero attached hydrogens (tertiary/aromatic N) is 3. The third-order valence-corrected chi connectivity index (χ3v) is 3.23.